The SMILES string of the molecule is CN(C)S(=O)(=O)c1cc(C(=O)OCCCc2ccncc2)ccc1Cl. The number of sulfonamides is 1. The number of esters is 1. The molecule has 0 N–H and O–H groups in total. The molecule has 0 aliphatic rings. The molecule has 0 amide bonds. The van der Waals surface area contributed by atoms with Crippen LogP contribution in [0, 0.1) is 0 Å². The van der Waals surface area contributed by atoms with E-state index in [4.69, 9.17) is 16.3 Å². The zero-order valence-corrected chi connectivity index (χ0v) is 15.5. The molecule has 0 atom stereocenters. The third-order valence-electron chi connectivity index (χ3n) is 3.52. The fraction of sp³-hybridized carbons (Fsp3) is 0.294. The van der Waals surface area contributed by atoms with Crippen LogP contribution in [0.3, 0.4) is 0 Å². The lowest BCUT2D eigenvalue weighted by Gasteiger charge is -2.13. The smallest absolute Gasteiger partial charge is 0.338 e. The molecule has 1 aromatic carbocycles. The Bertz CT molecular complexity index is 839. The Morgan fingerprint density at radius 1 is 1.20 bits per heavy atom. The highest BCUT2D eigenvalue weighted by atomic mass is 35.5. The van der Waals surface area contributed by atoms with E-state index in [0.29, 0.717) is 6.42 Å². The van der Waals surface area contributed by atoms with Gasteiger partial charge in [0.05, 0.1) is 17.2 Å². The van der Waals surface area contributed by atoms with Crippen molar-refractivity contribution in [3.63, 3.8) is 0 Å². The average molecular weight is 383 g/mol. The monoisotopic (exact) mass is 382 g/mol. The van der Waals surface area contributed by atoms with Crippen LogP contribution in [0.25, 0.3) is 0 Å². The van der Waals surface area contributed by atoms with E-state index in [1.165, 1.54) is 32.3 Å². The number of carbonyl (C=O) groups excluding carboxylic acids is 1. The van der Waals surface area contributed by atoms with Crippen molar-refractivity contribution in [1.82, 2.24) is 9.29 Å². The minimum atomic E-state index is -3.74. The van der Waals surface area contributed by atoms with Crippen LogP contribution in [0.5, 0.6) is 0 Å². The highest BCUT2D eigenvalue weighted by Gasteiger charge is 2.22. The third-order valence-corrected chi connectivity index (χ3v) is 5.81. The molecular weight excluding hydrogens is 364 g/mol. The van der Waals surface area contributed by atoms with Gasteiger partial charge in [-0.1, -0.05) is 11.6 Å². The quantitative estimate of drug-likeness (QED) is 0.543. The molecule has 0 fully saturated rings. The summed E-state index contributed by atoms with van der Waals surface area (Å²) in [5, 5.41) is 0.0583. The summed E-state index contributed by atoms with van der Waals surface area (Å²) < 4.78 is 30.7. The Labute approximate surface area is 152 Å². The Kier molecular flexibility index (Phi) is 6.52. The van der Waals surface area contributed by atoms with Crippen molar-refractivity contribution in [2.75, 3.05) is 20.7 Å². The van der Waals surface area contributed by atoms with Crippen LogP contribution in [0.2, 0.25) is 5.02 Å². The van der Waals surface area contributed by atoms with Crippen molar-refractivity contribution in [2.24, 2.45) is 0 Å². The van der Waals surface area contributed by atoms with Gasteiger partial charge < -0.3 is 4.74 Å². The second-order valence-electron chi connectivity index (χ2n) is 5.53. The first-order chi connectivity index (χ1) is 11.8. The Balaban J connectivity index is 2.00. The van der Waals surface area contributed by atoms with Gasteiger partial charge in [-0.15, -0.1) is 0 Å². The molecule has 0 radical (unpaired) electrons. The molecule has 1 aromatic heterocycles. The summed E-state index contributed by atoms with van der Waals surface area (Å²) in [7, 11) is -0.940. The summed E-state index contributed by atoms with van der Waals surface area (Å²) in [6, 6.07) is 7.87. The van der Waals surface area contributed by atoms with Gasteiger partial charge >= 0.3 is 5.97 Å². The van der Waals surface area contributed by atoms with E-state index in [1.54, 1.807) is 12.4 Å². The van der Waals surface area contributed by atoms with Gasteiger partial charge in [-0.3, -0.25) is 4.98 Å². The number of halogens is 1. The van der Waals surface area contributed by atoms with Crippen molar-refractivity contribution in [1.29, 1.82) is 0 Å². The third kappa shape index (κ3) is 5.01. The summed E-state index contributed by atoms with van der Waals surface area (Å²) >= 11 is 5.96. The molecule has 0 unspecified atom stereocenters. The van der Waals surface area contributed by atoms with Crippen molar-refractivity contribution in [2.45, 2.75) is 17.7 Å². The molecule has 0 saturated carbocycles. The Morgan fingerprint density at radius 2 is 1.88 bits per heavy atom. The lowest BCUT2D eigenvalue weighted by atomic mass is 10.1. The summed E-state index contributed by atoms with van der Waals surface area (Å²) in [5.74, 6) is -0.582. The van der Waals surface area contributed by atoms with Gasteiger partial charge in [0.1, 0.15) is 4.90 Å². The van der Waals surface area contributed by atoms with Crippen molar-refractivity contribution >= 4 is 27.6 Å². The fourth-order valence-electron chi connectivity index (χ4n) is 2.10. The van der Waals surface area contributed by atoms with E-state index >= 15 is 0 Å². The number of aromatic nitrogens is 1. The maximum atomic E-state index is 12.2. The summed E-state index contributed by atoms with van der Waals surface area (Å²) in [6.07, 6.45) is 4.84. The number of pyridine rings is 1. The number of benzene rings is 1. The molecule has 0 aliphatic carbocycles. The maximum Gasteiger partial charge on any atom is 0.338 e. The molecule has 0 bridgehead atoms. The van der Waals surface area contributed by atoms with Crippen LogP contribution in [-0.4, -0.2) is 44.4 Å². The Morgan fingerprint density at radius 3 is 2.52 bits per heavy atom. The normalized spacial score (nSPS) is 11.5. The zero-order valence-electron chi connectivity index (χ0n) is 14.0. The fourth-order valence-corrected chi connectivity index (χ4v) is 3.49. The number of aryl methyl sites for hydroxylation is 1. The second kappa shape index (κ2) is 8.42. The van der Waals surface area contributed by atoms with E-state index in [0.717, 1.165) is 16.3 Å². The van der Waals surface area contributed by atoms with E-state index in [1.807, 2.05) is 12.1 Å². The van der Waals surface area contributed by atoms with Crippen molar-refractivity contribution in [3.8, 4) is 0 Å². The number of carbonyl (C=O) groups is 1. The van der Waals surface area contributed by atoms with Gasteiger partial charge in [0.15, 0.2) is 0 Å². The lowest BCUT2D eigenvalue weighted by Crippen LogP contribution is -2.23. The molecule has 6 nitrogen and oxygen atoms in total. The summed E-state index contributed by atoms with van der Waals surface area (Å²) in [6.45, 7) is 0.236. The highest BCUT2D eigenvalue weighted by Crippen LogP contribution is 2.25. The average Bonchev–Trinajstić information content (AvgIpc) is 2.59. The van der Waals surface area contributed by atoms with Gasteiger partial charge in [-0.2, -0.15) is 0 Å². The standard InChI is InChI=1S/C17H19ClN2O4S/c1-20(2)25(22,23)16-12-14(5-6-15(16)18)17(21)24-11-3-4-13-7-9-19-10-8-13/h5-10,12H,3-4,11H2,1-2H3. The predicted molar refractivity (Wildman–Crippen MR) is 95.2 cm³/mol. The van der Waals surface area contributed by atoms with Gasteiger partial charge in [0.25, 0.3) is 0 Å². The first-order valence-electron chi connectivity index (χ1n) is 7.60. The lowest BCUT2D eigenvalue weighted by molar-refractivity contribution is 0.0500. The van der Waals surface area contributed by atoms with Gasteiger partial charge in [0.2, 0.25) is 10.0 Å². The van der Waals surface area contributed by atoms with E-state index in [9.17, 15) is 13.2 Å². The Hall–Kier alpha value is -1.96. The van der Waals surface area contributed by atoms with Crippen LogP contribution in [-0.2, 0) is 21.2 Å². The van der Waals surface area contributed by atoms with Crippen LogP contribution >= 0.6 is 11.6 Å². The molecule has 0 aliphatic heterocycles. The van der Waals surface area contributed by atoms with Crippen LogP contribution < -0.4 is 0 Å². The second-order valence-corrected chi connectivity index (χ2v) is 8.06. The number of hydrogen-bond acceptors (Lipinski definition) is 5. The maximum absolute atomic E-state index is 12.2. The minimum absolute atomic E-state index is 0.0583. The van der Waals surface area contributed by atoms with E-state index in [2.05, 4.69) is 4.98 Å². The molecule has 0 spiro atoms. The zero-order chi connectivity index (χ0) is 18.4. The first kappa shape index (κ1) is 19.4. The topological polar surface area (TPSA) is 76.6 Å². The van der Waals surface area contributed by atoms with Crippen LogP contribution in [0.1, 0.15) is 22.3 Å². The first-order valence-corrected chi connectivity index (χ1v) is 9.42. The summed E-state index contributed by atoms with van der Waals surface area (Å²) in [5.41, 5.74) is 1.26. The van der Waals surface area contributed by atoms with E-state index in [-0.39, 0.29) is 22.1 Å². The number of ether oxygens (including phenoxy) is 1. The van der Waals surface area contributed by atoms with Crippen LogP contribution in [0.4, 0.5) is 0 Å². The molecule has 25 heavy (non-hydrogen) atoms. The van der Waals surface area contributed by atoms with Crippen molar-refractivity contribution < 1.29 is 17.9 Å². The molecule has 2 aromatic rings. The molecule has 0 saturated heterocycles. The largest absolute Gasteiger partial charge is 0.462 e. The van der Waals surface area contributed by atoms with E-state index < -0.39 is 16.0 Å². The van der Waals surface area contributed by atoms with Gasteiger partial charge in [-0.25, -0.2) is 17.5 Å². The highest BCUT2D eigenvalue weighted by molar-refractivity contribution is 7.89. The number of nitrogens with zero attached hydrogens (tertiary/aromatic N) is 2. The molecule has 2 rings (SSSR count). The predicted octanol–water partition coefficient (Wildman–Crippen LogP) is 2.77. The molecule has 134 valence electrons. The number of hydrogen-bond donors (Lipinski definition) is 0. The minimum Gasteiger partial charge on any atom is -0.462 e. The van der Waals surface area contributed by atoms with Crippen molar-refractivity contribution in [3.05, 3.63) is 58.9 Å². The van der Waals surface area contributed by atoms with Crippen LogP contribution in [0.15, 0.2) is 47.6 Å². The molecular formula is C17H19ClN2O4S. The molecule has 8 heteroatoms. The molecule has 1 heterocycles. The summed E-state index contributed by atoms with van der Waals surface area (Å²) in [4.78, 5) is 16.0. The van der Waals surface area contributed by atoms with Gasteiger partial charge in [-0.05, 0) is 48.7 Å². The number of rotatable bonds is 7. The van der Waals surface area contributed by atoms with Gasteiger partial charge in [0, 0.05) is 26.5 Å².